The smallest absolute Gasteiger partial charge is 0.328 e. The molecule has 182 valence electrons. The van der Waals surface area contributed by atoms with E-state index in [0.717, 1.165) is 60.6 Å². The van der Waals surface area contributed by atoms with Crippen LogP contribution in [0, 0.1) is 17.2 Å². The lowest BCUT2D eigenvalue weighted by atomic mass is 10.0. The lowest BCUT2D eigenvalue weighted by molar-refractivity contribution is -0.142. The van der Waals surface area contributed by atoms with Crippen LogP contribution >= 0.6 is 0 Å². The molecule has 1 aromatic heterocycles. The van der Waals surface area contributed by atoms with Crippen molar-refractivity contribution in [1.29, 1.82) is 5.26 Å². The number of nitriles is 1. The second-order valence-electron chi connectivity index (χ2n) is 9.22. The molecule has 35 heavy (non-hydrogen) atoms. The van der Waals surface area contributed by atoms with Gasteiger partial charge in [-0.3, -0.25) is 9.80 Å². The van der Waals surface area contributed by atoms with E-state index in [-0.39, 0.29) is 11.9 Å². The van der Waals surface area contributed by atoms with Gasteiger partial charge in [0.2, 0.25) is 0 Å². The number of carbonyl (C=O) groups excluding carboxylic acids is 1. The lowest BCUT2D eigenvalue weighted by Crippen LogP contribution is -2.45. The molecule has 1 atom stereocenters. The third-order valence-electron chi connectivity index (χ3n) is 6.43. The molecule has 0 spiro atoms. The van der Waals surface area contributed by atoms with Crippen LogP contribution in [0.3, 0.4) is 0 Å². The van der Waals surface area contributed by atoms with E-state index in [1.165, 1.54) is 7.11 Å². The van der Waals surface area contributed by atoms with Gasteiger partial charge in [0.15, 0.2) is 0 Å². The number of para-hydroxylation sites is 1. The summed E-state index contributed by atoms with van der Waals surface area (Å²) in [7, 11) is 1.40. The topological polar surface area (TPSA) is 94.4 Å². The molecule has 0 aliphatic carbocycles. The Kier molecular flexibility index (Phi) is 7.91. The predicted molar refractivity (Wildman–Crippen MR) is 136 cm³/mol. The van der Waals surface area contributed by atoms with E-state index in [2.05, 4.69) is 21.2 Å². The van der Waals surface area contributed by atoms with Gasteiger partial charge in [-0.1, -0.05) is 44.2 Å². The molecule has 8 nitrogen and oxygen atoms in total. The number of anilines is 1. The molecule has 0 amide bonds. The normalized spacial score (nSPS) is 15.6. The average molecular weight is 473 g/mol. The number of rotatable bonds is 8. The van der Waals surface area contributed by atoms with Crippen LogP contribution in [0.2, 0.25) is 0 Å². The van der Waals surface area contributed by atoms with Gasteiger partial charge in [0.25, 0.3) is 0 Å². The predicted octanol–water partition coefficient (Wildman–Crippen LogP) is 3.43. The van der Waals surface area contributed by atoms with Gasteiger partial charge in [-0.05, 0) is 29.7 Å². The zero-order chi connectivity index (χ0) is 24.8. The molecule has 4 rings (SSSR count). The maximum absolute atomic E-state index is 12.3. The molecule has 1 saturated heterocycles. The van der Waals surface area contributed by atoms with Crippen molar-refractivity contribution in [2.45, 2.75) is 33.0 Å². The molecule has 1 aliphatic heterocycles. The van der Waals surface area contributed by atoms with Crippen molar-refractivity contribution >= 4 is 22.7 Å². The number of hydrogen-bond donors (Lipinski definition) is 1. The fraction of sp³-hybridized carbons (Fsp3) is 0.407. The minimum Gasteiger partial charge on any atom is -0.467 e. The molecule has 2 heterocycles. The summed E-state index contributed by atoms with van der Waals surface area (Å²) in [6, 6.07) is 17.4. The maximum Gasteiger partial charge on any atom is 0.328 e. The highest BCUT2D eigenvalue weighted by molar-refractivity contribution is 5.91. The van der Waals surface area contributed by atoms with E-state index in [1.807, 2.05) is 62.4 Å². The molecule has 0 saturated carbocycles. The number of aromatic nitrogens is 2. The number of esters is 1. The third-order valence-corrected chi connectivity index (χ3v) is 6.43. The fourth-order valence-corrected chi connectivity index (χ4v) is 4.39. The number of benzene rings is 2. The number of carbonyl (C=O) groups is 1. The number of methoxy groups -OCH3 is 1. The molecule has 1 aliphatic rings. The first-order valence-corrected chi connectivity index (χ1v) is 12.0. The minimum absolute atomic E-state index is 0.0406. The van der Waals surface area contributed by atoms with Crippen molar-refractivity contribution in [3.63, 3.8) is 0 Å². The summed E-state index contributed by atoms with van der Waals surface area (Å²) < 4.78 is 5.00. The van der Waals surface area contributed by atoms with E-state index in [9.17, 15) is 10.1 Å². The molecule has 1 N–H and O–H groups in total. The standard InChI is InChI=1S/C27H32N6O2/c1-19(2)25(27(34)35-3)31-26-22-10-6-7-11-23(22)29-24(30-26)18-33-14-12-32(13-15-33)17-21-9-5-4-8-20(21)16-28/h4-11,19,25H,12-15,17-18H2,1-3H3,(H,29,30,31)/t25-/m0/s1. The molecule has 0 bridgehead atoms. The summed E-state index contributed by atoms with van der Waals surface area (Å²) in [6.45, 7) is 8.98. The van der Waals surface area contributed by atoms with Gasteiger partial charge in [-0.25, -0.2) is 14.8 Å². The maximum atomic E-state index is 12.3. The number of nitrogens with one attached hydrogen (secondary N) is 1. The molecular formula is C27H32N6O2. The molecule has 1 fully saturated rings. The number of piperazine rings is 1. The molecule has 2 aromatic carbocycles. The van der Waals surface area contributed by atoms with Gasteiger partial charge in [0.05, 0.1) is 30.8 Å². The van der Waals surface area contributed by atoms with Crippen LogP contribution in [0.15, 0.2) is 48.5 Å². The van der Waals surface area contributed by atoms with Gasteiger partial charge in [0, 0.05) is 38.1 Å². The molecule has 3 aromatic rings. The summed E-state index contributed by atoms with van der Waals surface area (Å²) in [4.78, 5) is 26.7. The van der Waals surface area contributed by atoms with E-state index in [4.69, 9.17) is 14.7 Å². The Bertz CT molecular complexity index is 1210. The highest BCUT2D eigenvalue weighted by atomic mass is 16.5. The summed E-state index contributed by atoms with van der Waals surface area (Å²) in [5, 5.41) is 13.6. The van der Waals surface area contributed by atoms with Gasteiger partial charge < -0.3 is 10.1 Å². The van der Waals surface area contributed by atoms with Crippen molar-refractivity contribution in [1.82, 2.24) is 19.8 Å². The second-order valence-corrected chi connectivity index (χ2v) is 9.22. The van der Waals surface area contributed by atoms with Crippen LogP contribution < -0.4 is 5.32 Å². The lowest BCUT2D eigenvalue weighted by Gasteiger charge is -2.34. The van der Waals surface area contributed by atoms with Crippen molar-refractivity contribution < 1.29 is 9.53 Å². The molecule has 8 heteroatoms. The molecule has 0 radical (unpaired) electrons. The Balaban J connectivity index is 1.46. The SMILES string of the molecule is COC(=O)[C@@H](Nc1nc(CN2CCN(Cc3ccccc3C#N)CC2)nc2ccccc12)C(C)C. The van der Waals surface area contributed by atoms with Crippen molar-refractivity contribution in [2.24, 2.45) is 5.92 Å². The average Bonchev–Trinajstić information content (AvgIpc) is 2.88. The first kappa shape index (κ1) is 24.6. The van der Waals surface area contributed by atoms with Gasteiger partial charge >= 0.3 is 5.97 Å². The van der Waals surface area contributed by atoms with E-state index >= 15 is 0 Å². The zero-order valence-electron chi connectivity index (χ0n) is 20.6. The first-order valence-electron chi connectivity index (χ1n) is 12.0. The Morgan fingerprint density at radius 1 is 1.03 bits per heavy atom. The monoisotopic (exact) mass is 472 g/mol. The fourth-order valence-electron chi connectivity index (χ4n) is 4.39. The summed E-state index contributed by atoms with van der Waals surface area (Å²) >= 11 is 0. The Labute approximate surface area is 206 Å². The minimum atomic E-state index is -0.494. The number of hydrogen-bond acceptors (Lipinski definition) is 8. The van der Waals surface area contributed by atoms with Gasteiger partial charge in [0.1, 0.15) is 17.7 Å². The number of fused-ring (bicyclic) bond motifs is 1. The largest absolute Gasteiger partial charge is 0.467 e. The van der Waals surface area contributed by atoms with Crippen molar-refractivity contribution in [3.8, 4) is 6.07 Å². The van der Waals surface area contributed by atoms with Crippen LogP contribution in [0.1, 0.15) is 30.8 Å². The Hall–Kier alpha value is -3.54. The van der Waals surface area contributed by atoms with Gasteiger partial charge in [-0.2, -0.15) is 5.26 Å². The quantitative estimate of drug-likeness (QED) is 0.499. The Morgan fingerprint density at radius 2 is 1.69 bits per heavy atom. The van der Waals surface area contributed by atoms with Crippen LogP contribution in [-0.4, -0.2) is 65.1 Å². The summed E-state index contributed by atoms with van der Waals surface area (Å²) in [5.74, 6) is 1.11. The molecular weight excluding hydrogens is 440 g/mol. The first-order chi connectivity index (χ1) is 17.0. The second kappa shape index (κ2) is 11.3. The van der Waals surface area contributed by atoms with Crippen LogP contribution in [0.4, 0.5) is 5.82 Å². The van der Waals surface area contributed by atoms with E-state index in [0.29, 0.717) is 12.4 Å². The van der Waals surface area contributed by atoms with Crippen LogP contribution in [-0.2, 0) is 22.6 Å². The van der Waals surface area contributed by atoms with Crippen LogP contribution in [0.25, 0.3) is 10.9 Å². The molecule has 0 unspecified atom stereocenters. The zero-order valence-corrected chi connectivity index (χ0v) is 20.6. The van der Waals surface area contributed by atoms with Gasteiger partial charge in [-0.15, -0.1) is 0 Å². The van der Waals surface area contributed by atoms with E-state index < -0.39 is 6.04 Å². The van der Waals surface area contributed by atoms with Crippen molar-refractivity contribution in [2.75, 3.05) is 38.6 Å². The summed E-state index contributed by atoms with van der Waals surface area (Å²) in [6.07, 6.45) is 0. The number of ether oxygens (including phenoxy) is 1. The highest BCUT2D eigenvalue weighted by Gasteiger charge is 2.25. The van der Waals surface area contributed by atoms with Crippen molar-refractivity contribution in [3.05, 3.63) is 65.5 Å². The van der Waals surface area contributed by atoms with Crippen LogP contribution in [0.5, 0.6) is 0 Å². The number of nitrogens with zero attached hydrogens (tertiary/aromatic N) is 5. The third kappa shape index (κ3) is 5.94. The summed E-state index contributed by atoms with van der Waals surface area (Å²) in [5.41, 5.74) is 2.66. The highest BCUT2D eigenvalue weighted by Crippen LogP contribution is 2.23. The van der Waals surface area contributed by atoms with E-state index in [1.54, 1.807) is 0 Å². The Morgan fingerprint density at radius 3 is 2.37 bits per heavy atom.